The molecule has 4 nitrogen and oxygen atoms in total. The van der Waals surface area contributed by atoms with Crippen LogP contribution in [0.15, 0.2) is 42.5 Å². The van der Waals surface area contributed by atoms with E-state index in [4.69, 9.17) is 32.7 Å². The predicted octanol–water partition coefficient (Wildman–Crippen LogP) is 5.05. The van der Waals surface area contributed by atoms with Crippen molar-refractivity contribution in [2.75, 3.05) is 7.11 Å². The summed E-state index contributed by atoms with van der Waals surface area (Å²) in [4.78, 5) is 14.6. The van der Waals surface area contributed by atoms with Crippen LogP contribution in [0.5, 0.6) is 11.5 Å². The van der Waals surface area contributed by atoms with Crippen LogP contribution in [0.3, 0.4) is 0 Å². The molecule has 2 aromatic carbocycles. The summed E-state index contributed by atoms with van der Waals surface area (Å²) in [6.45, 7) is 0. The lowest BCUT2D eigenvalue weighted by atomic mass is 10.2. The van der Waals surface area contributed by atoms with E-state index in [1.54, 1.807) is 24.3 Å². The van der Waals surface area contributed by atoms with Crippen molar-refractivity contribution in [3.63, 3.8) is 0 Å². The summed E-state index contributed by atoms with van der Waals surface area (Å²) in [5.74, 6) is 0.532. The van der Waals surface area contributed by atoms with Crippen molar-refractivity contribution in [3.8, 4) is 11.5 Å². The van der Waals surface area contributed by atoms with Gasteiger partial charge in [0.2, 0.25) is 0 Å². The van der Waals surface area contributed by atoms with Crippen LogP contribution in [0.4, 0.5) is 0 Å². The van der Waals surface area contributed by atoms with Gasteiger partial charge in [0, 0.05) is 5.39 Å². The third-order valence-corrected chi connectivity index (χ3v) is 3.91. The van der Waals surface area contributed by atoms with E-state index < -0.39 is 5.97 Å². The average molecular weight is 336 g/mol. The molecular formula is C16H11Cl2NO3. The first-order valence-electron chi connectivity index (χ1n) is 6.42. The van der Waals surface area contributed by atoms with E-state index in [0.29, 0.717) is 33.1 Å². The number of methoxy groups -OCH3 is 1. The molecule has 1 heterocycles. The molecule has 0 saturated carbocycles. The summed E-state index contributed by atoms with van der Waals surface area (Å²) >= 11 is 12.4. The first kappa shape index (κ1) is 14.8. The fourth-order valence-electron chi connectivity index (χ4n) is 2.12. The smallest absolute Gasteiger partial charge is 0.354 e. The highest BCUT2D eigenvalue weighted by Gasteiger charge is 2.18. The zero-order valence-corrected chi connectivity index (χ0v) is 13.0. The maximum absolute atomic E-state index is 11.7. The van der Waals surface area contributed by atoms with Gasteiger partial charge in [0.1, 0.15) is 16.5 Å². The second-order valence-corrected chi connectivity index (χ2v) is 5.34. The van der Waals surface area contributed by atoms with E-state index >= 15 is 0 Å². The minimum Gasteiger partial charge on any atom is -0.464 e. The number of nitrogens with one attached hydrogen (secondary N) is 1. The van der Waals surface area contributed by atoms with Crippen molar-refractivity contribution in [1.82, 2.24) is 4.98 Å². The zero-order chi connectivity index (χ0) is 15.7. The third-order valence-electron chi connectivity index (χ3n) is 3.14. The number of aromatic amines is 1. The number of halogens is 2. The molecule has 0 atom stereocenters. The third kappa shape index (κ3) is 2.63. The molecule has 3 aromatic rings. The van der Waals surface area contributed by atoms with Crippen LogP contribution in [0.25, 0.3) is 10.9 Å². The minimum absolute atomic E-state index is 0.286. The number of benzene rings is 2. The van der Waals surface area contributed by atoms with Gasteiger partial charge in [-0.2, -0.15) is 0 Å². The molecule has 3 rings (SSSR count). The van der Waals surface area contributed by atoms with Crippen molar-refractivity contribution in [1.29, 1.82) is 0 Å². The summed E-state index contributed by atoms with van der Waals surface area (Å²) < 4.78 is 10.5. The second kappa shape index (κ2) is 5.91. The van der Waals surface area contributed by atoms with Crippen LogP contribution in [-0.4, -0.2) is 18.1 Å². The Bertz CT molecular complexity index is 843. The number of carbonyl (C=O) groups excluding carboxylic acids is 1. The van der Waals surface area contributed by atoms with E-state index in [1.807, 2.05) is 18.2 Å². The fraction of sp³-hybridized carbons (Fsp3) is 0.0625. The average Bonchev–Trinajstić information content (AvgIpc) is 2.95. The molecule has 0 aliphatic heterocycles. The number of rotatable bonds is 3. The Labute approximate surface area is 136 Å². The van der Waals surface area contributed by atoms with E-state index in [-0.39, 0.29) is 5.02 Å². The molecule has 0 bridgehead atoms. The molecule has 0 amide bonds. The van der Waals surface area contributed by atoms with E-state index in [1.165, 1.54) is 7.11 Å². The molecule has 0 saturated heterocycles. The molecule has 0 aliphatic carbocycles. The summed E-state index contributed by atoms with van der Waals surface area (Å²) in [6.07, 6.45) is 0. The lowest BCUT2D eigenvalue weighted by Crippen LogP contribution is -2.00. The van der Waals surface area contributed by atoms with Crippen LogP contribution in [0, 0.1) is 0 Å². The van der Waals surface area contributed by atoms with Gasteiger partial charge >= 0.3 is 5.97 Å². The standard InChI is InChI=1S/C16H11Cl2NO3/c1-21-16(20)13-7-10-12(19-13)8-11(17)14(18)15(10)22-9-5-3-2-4-6-9/h2-8,19H,1H3. The second-order valence-electron chi connectivity index (χ2n) is 4.55. The first-order valence-corrected chi connectivity index (χ1v) is 7.17. The molecule has 22 heavy (non-hydrogen) atoms. The highest BCUT2D eigenvalue weighted by Crippen LogP contribution is 2.41. The number of hydrogen-bond donors (Lipinski definition) is 1. The van der Waals surface area contributed by atoms with Crippen molar-refractivity contribution in [2.45, 2.75) is 0 Å². The van der Waals surface area contributed by atoms with Crippen molar-refractivity contribution >= 4 is 40.1 Å². The minimum atomic E-state index is -0.478. The molecule has 0 radical (unpaired) electrons. The summed E-state index contributed by atoms with van der Waals surface area (Å²) in [5.41, 5.74) is 0.939. The number of fused-ring (bicyclic) bond motifs is 1. The molecule has 0 aliphatic rings. The van der Waals surface area contributed by atoms with Crippen LogP contribution >= 0.6 is 23.2 Å². The number of aromatic nitrogens is 1. The van der Waals surface area contributed by atoms with Gasteiger partial charge in [-0.25, -0.2) is 4.79 Å². The van der Waals surface area contributed by atoms with Gasteiger partial charge in [-0.15, -0.1) is 0 Å². The Balaban J connectivity index is 2.16. The van der Waals surface area contributed by atoms with Gasteiger partial charge in [0.25, 0.3) is 0 Å². The molecule has 1 aromatic heterocycles. The molecule has 0 spiro atoms. The Morgan fingerprint density at radius 2 is 1.86 bits per heavy atom. The number of carbonyl (C=O) groups is 1. The maximum Gasteiger partial charge on any atom is 0.354 e. The Morgan fingerprint density at radius 3 is 2.55 bits per heavy atom. The molecule has 112 valence electrons. The van der Waals surface area contributed by atoms with Crippen LogP contribution < -0.4 is 4.74 Å². The van der Waals surface area contributed by atoms with Gasteiger partial charge in [-0.1, -0.05) is 41.4 Å². The first-order chi connectivity index (χ1) is 10.6. The topological polar surface area (TPSA) is 51.3 Å². The number of H-pyrrole nitrogens is 1. The van der Waals surface area contributed by atoms with Crippen LogP contribution in [0.1, 0.15) is 10.5 Å². The van der Waals surface area contributed by atoms with E-state index in [0.717, 1.165) is 0 Å². The van der Waals surface area contributed by atoms with Gasteiger partial charge in [-0.05, 0) is 24.3 Å². The monoisotopic (exact) mass is 335 g/mol. The summed E-state index contributed by atoms with van der Waals surface area (Å²) in [7, 11) is 1.31. The largest absolute Gasteiger partial charge is 0.464 e. The Hall–Kier alpha value is -2.17. The predicted molar refractivity (Wildman–Crippen MR) is 86.2 cm³/mol. The number of para-hydroxylation sites is 1. The van der Waals surface area contributed by atoms with Crippen LogP contribution in [-0.2, 0) is 4.74 Å². The molecule has 6 heteroatoms. The molecule has 0 unspecified atom stereocenters. The number of ether oxygens (including phenoxy) is 2. The highest BCUT2D eigenvalue weighted by molar-refractivity contribution is 6.44. The van der Waals surface area contributed by atoms with Crippen LogP contribution in [0.2, 0.25) is 10.0 Å². The normalized spacial score (nSPS) is 10.7. The van der Waals surface area contributed by atoms with Gasteiger partial charge in [0.15, 0.2) is 5.75 Å². The van der Waals surface area contributed by atoms with Crippen molar-refractivity contribution in [3.05, 3.63) is 58.2 Å². The molecular weight excluding hydrogens is 325 g/mol. The van der Waals surface area contributed by atoms with E-state index in [2.05, 4.69) is 4.98 Å². The van der Waals surface area contributed by atoms with Gasteiger partial charge < -0.3 is 14.5 Å². The highest BCUT2D eigenvalue weighted by atomic mass is 35.5. The number of esters is 1. The number of hydrogen-bond acceptors (Lipinski definition) is 3. The molecule has 1 N–H and O–H groups in total. The van der Waals surface area contributed by atoms with Crippen molar-refractivity contribution in [2.24, 2.45) is 0 Å². The van der Waals surface area contributed by atoms with Gasteiger partial charge in [-0.3, -0.25) is 0 Å². The van der Waals surface area contributed by atoms with Gasteiger partial charge in [0.05, 0.1) is 17.6 Å². The Kier molecular flexibility index (Phi) is 3.96. The Morgan fingerprint density at radius 1 is 1.14 bits per heavy atom. The summed E-state index contributed by atoms with van der Waals surface area (Å²) in [6, 6.07) is 12.5. The SMILES string of the molecule is COC(=O)c1cc2c(Oc3ccccc3)c(Cl)c(Cl)cc2[nH]1. The fourth-order valence-corrected chi connectivity index (χ4v) is 2.51. The zero-order valence-electron chi connectivity index (χ0n) is 11.5. The summed E-state index contributed by atoms with van der Waals surface area (Å²) in [5, 5.41) is 1.27. The maximum atomic E-state index is 11.7. The van der Waals surface area contributed by atoms with E-state index in [9.17, 15) is 4.79 Å². The van der Waals surface area contributed by atoms with Crippen molar-refractivity contribution < 1.29 is 14.3 Å². The molecule has 0 fully saturated rings. The lowest BCUT2D eigenvalue weighted by molar-refractivity contribution is 0.0595. The lowest BCUT2D eigenvalue weighted by Gasteiger charge is -2.10. The quantitative estimate of drug-likeness (QED) is 0.681.